The van der Waals surface area contributed by atoms with Gasteiger partial charge in [-0.2, -0.15) is 0 Å². The van der Waals surface area contributed by atoms with Gasteiger partial charge in [0.1, 0.15) is 11.8 Å². The van der Waals surface area contributed by atoms with Crippen molar-refractivity contribution in [3.63, 3.8) is 0 Å². The second-order valence-electron chi connectivity index (χ2n) is 7.55. The SMILES string of the molecule is Cc1ccc(N([C@H](C)C(=O)Nc2cc(Cl)ccc2Oc2ccccc2)S(C)(=O)=O)cc1C. The van der Waals surface area contributed by atoms with E-state index in [1.165, 1.54) is 6.92 Å². The van der Waals surface area contributed by atoms with Gasteiger partial charge in [-0.05, 0) is 74.4 Å². The molecule has 1 N–H and O–H groups in total. The number of halogens is 1. The van der Waals surface area contributed by atoms with Crippen LogP contribution < -0.4 is 14.4 Å². The summed E-state index contributed by atoms with van der Waals surface area (Å²) in [5.41, 5.74) is 2.72. The zero-order valence-corrected chi connectivity index (χ0v) is 19.9. The van der Waals surface area contributed by atoms with Crippen molar-refractivity contribution in [2.75, 3.05) is 15.9 Å². The zero-order valence-electron chi connectivity index (χ0n) is 18.3. The predicted molar refractivity (Wildman–Crippen MR) is 129 cm³/mol. The van der Waals surface area contributed by atoms with Crippen LogP contribution in [0.2, 0.25) is 5.02 Å². The number of carbonyl (C=O) groups is 1. The number of sulfonamides is 1. The number of carbonyl (C=O) groups excluding carboxylic acids is 1. The molecule has 1 amide bonds. The molecule has 0 radical (unpaired) electrons. The van der Waals surface area contributed by atoms with E-state index in [0.717, 1.165) is 21.7 Å². The average molecular weight is 473 g/mol. The molecule has 0 saturated carbocycles. The van der Waals surface area contributed by atoms with E-state index in [9.17, 15) is 13.2 Å². The van der Waals surface area contributed by atoms with E-state index in [4.69, 9.17) is 16.3 Å². The molecule has 0 aliphatic heterocycles. The summed E-state index contributed by atoms with van der Waals surface area (Å²) in [6.07, 6.45) is 1.08. The lowest BCUT2D eigenvalue weighted by Gasteiger charge is -2.29. The lowest BCUT2D eigenvalue weighted by molar-refractivity contribution is -0.116. The third kappa shape index (κ3) is 5.60. The molecule has 0 fully saturated rings. The maximum atomic E-state index is 13.1. The van der Waals surface area contributed by atoms with E-state index >= 15 is 0 Å². The fourth-order valence-corrected chi connectivity index (χ4v) is 4.55. The van der Waals surface area contributed by atoms with Crippen LogP contribution in [0.4, 0.5) is 11.4 Å². The van der Waals surface area contributed by atoms with Crippen LogP contribution in [0, 0.1) is 13.8 Å². The molecule has 0 heterocycles. The number of para-hydroxylation sites is 1. The molecule has 0 spiro atoms. The number of nitrogens with one attached hydrogen (secondary N) is 1. The molecule has 32 heavy (non-hydrogen) atoms. The van der Waals surface area contributed by atoms with Gasteiger partial charge >= 0.3 is 0 Å². The van der Waals surface area contributed by atoms with Gasteiger partial charge in [0.15, 0.2) is 5.75 Å². The molecule has 6 nitrogen and oxygen atoms in total. The Kier molecular flexibility index (Phi) is 7.11. The van der Waals surface area contributed by atoms with Crippen molar-refractivity contribution >= 4 is 38.9 Å². The summed E-state index contributed by atoms with van der Waals surface area (Å²) in [5.74, 6) is 0.457. The highest BCUT2D eigenvalue weighted by molar-refractivity contribution is 7.92. The van der Waals surface area contributed by atoms with Gasteiger partial charge in [-0.25, -0.2) is 8.42 Å². The molecule has 1 atom stereocenters. The van der Waals surface area contributed by atoms with Crippen LogP contribution in [-0.2, 0) is 14.8 Å². The van der Waals surface area contributed by atoms with Gasteiger partial charge in [-0.3, -0.25) is 9.10 Å². The number of nitrogens with zero attached hydrogens (tertiary/aromatic N) is 1. The molecular weight excluding hydrogens is 448 g/mol. The normalized spacial score (nSPS) is 12.2. The minimum absolute atomic E-state index is 0.340. The number of anilines is 2. The maximum absolute atomic E-state index is 13.1. The van der Waals surface area contributed by atoms with Crippen LogP contribution in [0.5, 0.6) is 11.5 Å². The van der Waals surface area contributed by atoms with Crippen molar-refractivity contribution in [2.45, 2.75) is 26.8 Å². The summed E-state index contributed by atoms with van der Waals surface area (Å²) in [5, 5.41) is 3.17. The van der Waals surface area contributed by atoms with Crippen LogP contribution in [-0.4, -0.2) is 26.6 Å². The van der Waals surface area contributed by atoms with E-state index in [0.29, 0.717) is 27.9 Å². The van der Waals surface area contributed by atoms with Gasteiger partial charge in [0, 0.05) is 5.02 Å². The second-order valence-corrected chi connectivity index (χ2v) is 9.84. The summed E-state index contributed by atoms with van der Waals surface area (Å²) < 4.78 is 32.2. The molecule has 3 aromatic carbocycles. The minimum Gasteiger partial charge on any atom is -0.455 e. The standard InChI is InChI=1S/C24H25ClN2O4S/c1-16-10-12-20(14-17(16)2)27(32(4,29)30)18(3)24(28)26-22-15-19(25)11-13-23(22)31-21-8-6-5-7-9-21/h5-15,18H,1-4H3,(H,26,28)/t18-/m1/s1. The summed E-state index contributed by atoms with van der Waals surface area (Å²) in [7, 11) is -3.74. The molecule has 0 aliphatic carbocycles. The third-order valence-electron chi connectivity index (χ3n) is 5.00. The quantitative estimate of drug-likeness (QED) is 0.489. The second kappa shape index (κ2) is 9.63. The molecule has 0 saturated heterocycles. The number of benzene rings is 3. The Balaban J connectivity index is 1.91. The number of aryl methyl sites for hydroxylation is 2. The van der Waals surface area contributed by atoms with Crippen molar-refractivity contribution < 1.29 is 17.9 Å². The number of hydrogen-bond acceptors (Lipinski definition) is 4. The van der Waals surface area contributed by atoms with Crippen molar-refractivity contribution in [3.8, 4) is 11.5 Å². The van der Waals surface area contributed by atoms with E-state index < -0.39 is 22.0 Å². The molecule has 0 bridgehead atoms. The van der Waals surface area contributed by atoms with Gasteiger partial charge in [-0.15, -0.1) is 0 Å². The van der Waals surface area contributed by atoms with E-state index in [-0.39, 0.29) is 0 Å². The summed E-state index contributed by atoms with van der Waals surface area (Å²) in [6, 6.07) is 18.2. The Labute approximate surface area is 193 Å². The predicted octanol–water partition coefficient (Wildman–Crippen LogP) is 5.54. The van der Waals surface area contributed by atoms with Gasteiger partial charge in [-0.1, -0.05) is 35.9 Å². The van der Waals surface area contributed by atoms with Crippen LogP contribution in [0.25, 0.3) is 0 Å². The average Bonchev–Trinajstić information content (AvgIpc) is 2.72. The lowest BCUT2D eigenvalue weighted by Crippen LogP contribution is -2.45. The van der Waals surface area contributed by atoms with Crippen molar-refractivity contribution in [1.82, 2.24) is 0 Å². The highest BCUT2D eigenvalue weighted by Gasteiger charge is 2.30. The topological polar surface area (TPSA) is 75.7 Å². The monoisotopic (exact) mass is 472 g/mol. The Bertz CT molecular complexity index is 1230. The van der Waals surface area contributed by atoms with E-state index in [1.54, 1.807) is 42.5 Å². The Hall–Kier alpha value is -3.03. The van der Waals surface area contributed by atoms with Gasteiger partial charge in [0.2, 0.25) is 15.9 Å². The van der Waals surface area contributed by atoms with Gasteiger partial charge in [0.25, 0.3) is 0 Å². The van der Waals surface area contributed by atoms with E-state index in [1.807, 2.05) is 38.1 Å². The largest absolute Gasteiger partial charge is 0.455 e. The van der Waals surface area contributed by atoms with Crippen molar-refractivity contribution in [1.29, 1.82) is 0 Å². The first-order valence-electron chi connectivity index (χ1n) is 9.96. The smallest absolute Gasteiger partial charge is 0.248 e. The summed E-state index contributed by atoms with van der Waals surface area (Å²) in [6.45, 7) is 5.37. The maximum Gasteiger partial charge on any atom is 0.248 e. The molecule has 3 aromatic rings. The first-order valence-corrected chi connectivity index (χ1v) is 12.2. The number of amides is 1. The lowest BCUT2D eigenvalue weighted by atomic mass is 10.1. The van der Waals surface area contributed by atoms with Crippen LogP contribution in [0.3, 0.4) is 0 Å². The molecule has 3 rings (SSSR count). The third-order valence-corrected chi connectivity index (χ3v) is 6.48. The zero-order chi connectivity index (χ0) is 23.5. The Morgan fingerprint density at radius 2 is 1.69 bits per heavy atom. The van der Waals surface area contributed by atoms with Crippen molar-refractivity contribution in [2.24, 2.45) is 0 Å². The first kappa shape index (κ1) is 23.6. The fraction of sp³-hybridized carbons (Fsp3) is 0.208. The van der Waals surface area contributed by atoms with Crippen LogP contribution in [0.15, 0.2) is 66.7 Å². The number of rotatable bonds is 7. The highest BCUT2D eigenvalue weighted by atomic mass is 35.5. The highest BCUT2D eigenvalue weighted by Crippen LogP contribution is 2.33. The minimum atomic E-state index is -3.74. The van der Waals surface area contributed by atoms with E-state index in [2.05, 4.69) is 5.32 Å². The summed E-state index contributed by atoms with van der Waals surface area (Å²) >= 11 is 6.13. The molecule has 0 aliphatic rings. The number of hydrogen-bond donors (Lipinski definition) is 1. The Morgan fingerprint density at radius 3 is 2.31 bits per heavy atom. The molecule has 0 unspecified atom stereocenters. The fourth-order valence-electron chi connectivity index (χ4n) is 3.21. The Morgan fingerprint density at radius 1 is 1.00 bits per heavy atom. The molecular formula is C24H25ClN2O4S. The molecule has 8 heteroatoms. The molecule has 0 aromatic heterocycles. The summed E-state index contributed by atoms with van der Waals surface area (Å²) in [4.78, 5) is 13.1. The van der Waals surface area contributed by atoms with Crippen LogP contribution >= 0.6 is 11.6 Å². The van der Waals surface area contributed by atoms with Crippen molar-refractivity contribution in [3.05, 3.63) is 82.9 Å². The number of ether oxygens (including phenoxy) is 1. The van der Waals surface area contributed by atoms with Crippen LogP contribution in [0.1, 0.15) is 18.1 Å². The van der Waals surface area contributed by atoms with Gasteiger partial charge in [0.05, 0.1) is 17.6 Å². The first-order chi connectivity index (χ1) is 15.1. The molecule has 168 valence electrons. The van der Waals surface area contributed by atoms with Gasteiger partial charge < -0.3 is 10.1 Å².